The van der Waals surface area contributed by atoms with E-state index in [0.29, 0.717) is 12.2 Å². The molecule has 0 fully saturated rings. The number of aliphatic carboxylic acids is 1. The molecule has 1 aromatic rings. The van der Waals surface area contributed by atoms with Gasteiger partial charge in [0, 0.05) is 0 Å². The van der Waals surface area contributed by atoms with Crippen molar-refractivity contribution in [2.24, 2.45) is 0 Å². The third-order valence-electron chi connectivity index (χ3n) is 4.04. The number of amides is 1. The van der Waals surface area contributed by atoms with E-state index in [9.17, 15) is 14.7 Å². The van der Waals surface area contributed by atoms with Crippen molar-refractivity contribution in [3.05, 3.63) is 29.3 Å². The van der Waals surface area contributed by atoms with Gasteiger partial charge >= 0.3 is 5.97 Å². The number of hydrogen-bond donors (Lipinski definition) is 2. The lowest BCUT2D eigenvalue weighted by Crippen LogP contribution is -2.54. The van der Waals surface area contributed by atoms with Gasteiger partial charge in [0.15, 0.2) is 6.10 Å². The highest BCUT2D eigenvalue weighted by atomic mass is 16.5. The molecule has 5 nitrogen and oxygen atoms in total. The third kappa shape index (κ3) is 4.71. The Morgan fingerprint density at radius 2 is 1.91 bits per heavy atom. The summed E-state index contributed by atoms with van der Waals surface area (Å²) >= 11 is 0. The van der Waals surface area contributed by atoms with Gasteiger partial charge in [-0.3, -0.25) is 4.79 Å². The van der Waals surface area contributed by atoms with Gasteiger partial charge in [0.1, 0.15) is 11.3 Å². The average molecular weight is 321 g/mol. The van der Waals surface area contributed by atoms with Crippen LogP contribution >= 0.6 is 0 Å². The summed E-state index contributed by atoms with van der Waals surface area (Å²) in [6.45, 7) is 10.9. The predicted octanol–water partition coefficient (Wildman–Crippen LogP) is 3.26. The smallest absolute Gasteiger partial charge is 0.329 e. The van der Waals surface area contributed by atoms with Gasteiger partial charge in [-0.05, 0) is 50.3 Å². The lowest BCUT2D eigenvalue weighted by atomic mass is 9.99. The molecule has 0 spiro atoms. The first kappa shape index (κ1) is 19.0. The maximum Gasteiger partial charge on any atom is 0.329 e. The molecule has 0 aromatic heterocycles. The second-order valence-corrected chi connectivity index (χ2v) is 6.44. The van der Waals surface area contributed by atoms with Crippen LogP contribution in [0.1, 0.15) is 58.1 Å². The summed E-state index contributed by atoms with van der Waals surface area (Å²) in [5, 5.41) is 11.8. The molecule has 23 heavy (non-hydrogen) atoms. The van der Waals surface area contributed by atoms with Crippen molar-refractivity contribution >= 4 is 11.9 Å². The monoisotopic (exact) mass is 321 g/mol. The van der Waals surface area contributed by atoms with Gasteiger partial charge in [0.05, 0.1) is 0 Å². The zero-order valence-electron chi connectivity index (χ0n) is 14.8. The number of ether oxygens (including phenoxy) is 1. The van der Waals surface area contributed by atoms with Crippen molar-refractivity contribution in [1.29, 1.82) is 0 Å². The topological polar surface area (TPSA) is 75.6 Å². The van der Waals surface area contributed by atoms with E-state index in [1.165, 1.54) is 6.92 Å². The Hall–Kier alpha value is -2.04. The predicted molar refractivity (Wildman–Crippen MR) is 89.8 cm³/mol. The molecule has 1 aromatic carbocycles. The molecule has 0 saturated heterocycles. The van der Waals surface area contributed by atoms with Crippen LogP contribution in [0.15, 0.2) is 18.2 Å². The SMILES string of the molecule is CCC(C)(NC(=O)C(C)Oc1cc(C)ccc1C(C)C)C(=O)O. The molecule has 0 bridgehead atoms. The molecule has 0 aliphatic rings. The Bertz CT molecular complexity index is 582. The summed E-state index contributed by atoms with van der Waals surface area (Å²) in [6.07, 6.45) is -0.484. The number of nitrogens with one attached hydrogen (secondary N) is 1. The van der Waals surface area contributed by atoms with Crippen LogP contribution < -0.4 is 10.1 Å². The molecule has 1 rings (SSSR count). The lowest BCUT2D eigenvalue weighted by molar-refractivity contribution is -0.148. The number of aryl methyl sites for hydroxylation is 1. The van der Waals surface area contributed by atoms with Gasteiger partial charge < -0.3 is 15.2 Å². The number of carbonyl (C=O) groups is 2. The Morgan fingerprint density at radius 1 is 1.30 bits per heavy atom. The van der Waals surface area contributed by atoms with Crippen LogP contribution in [0, 0.1) is 6.92 Å². The molecule has 5 heteroatoms. The number of carboxylic acids is 1. The minimum absolute atomic E-state index is 0.265. The number of benzene rings is 1. The summed E-state index contributed by atoms with van der Waals surface area (Å²) in [5.74, 6) is -0.566. The van der Waals surface area contributed by atoms with E-state index in [2.05, 4.69) is 19.2 Å². The zero-order chi connectivity index (χ0) is 17.8. The van der Waals surface area contributed by atoms with E-state index in [0.717, 1.165) is 11.1 Å². The minimum Gasteiger partial charge on any atom is -0.481 e. The Balaban J connectivity index is 2.91. The molecule has 0 heterocycles. The molecular formula is C18H27NO4. The Kier molecular flexibility index (Phi) is 6.19. The van der Waals surface area contributed by atoms with Crippen LogP contribution in [0.25, 0.3) is 0 Å². The Labute approximate surface area is 138 Å². The molecule has 0 aliphatic heterocycles. The van der Waals surface area contributed by atoms with Gasteiger partial charge in [-0.2, -0.15) is 0 Å². The molecule has 2 N–H and O–H groups in total. The fourth-order valence-electron chi connectivity index (χ4n) is 2.13. The van der Waals surface area contributed by atoms with Crippen LogP contribution in [0.3, 0.4) is 0 Å². The van der Waals surface area contributed by atoms with Crippen LogP contribution in [0.5, 0.6) is 5.75 Å². The first-order chi connectivity index (χ1) is 10.6. The second-order valence-electron chi connectivity index (χ2n) is 6.44. The van der Waals surface area contributed by atoms with Crippen molar-refractivity contribution < 1.29 is 19.4 Å². The van der Waals surface area contributed by atoms with Crippen LogP contribution in [0.2, 0.25) is 0 Å². The van der Waals surface area contributed by atoms with E-state index >= 15 is 0 Å². The van der Waals surface area contributed by atoms with Gasteiger partial charge in [0.25, 0.3) is 5.91 Å². The van der Waals surface area contributed by atoms with Gasteiger partial charge in [0.2, 0.25) is 0 Å². The number of carboxylic acid groups (broad SMARTS) is 1. The third-order valence-corrected chi connectivity index (χ3v) is 4.04. The number of rotatable bonds is 7. The maximum atomic E-state index is 12.3. The summed E-state index contributed by atoms with van der Waals surface area (Å²) in [7, 11) is 0. The van der Waals surface area contributed by atoms with Crippen molar-refractivity contribution in [2.75, 3.05) is 0 Å². The second kappa shape index (κ2) is 7.49. The van der Waals surface area contributed by atoms with E-state index in [1.54, 1.807) is 13.8 Å². The summed E-state index contributed by atoms with van der Waals surface area (Å²) in [6, 6.07) is 5.90. The van der Waals surface area contributed by atoms with Crippen LogP contribution in [0.4, 0.5) is 0 Å². The van der Waals surface area contributed by atoms with Crippen molar-refractivity contribution in [3.63, 3.8) is 0 Å². The zero-order valence-corrected chi connectivity index (χ0v) is 14.8. The number of hydrogen-bond acceptors (Lipinski definition) is 3. The summed E-state index contributed by atoms with van der Waals surface area (Å²) < 4.78 is 5.81. The lowest BCUT2D eigenvalue weighted by Gasteiger charge is -2.27. The van der Waals surface area contributed by atoms with Gasteiger partial charge in [-0.25, -0.2) is 4.79 Å². The van der Waals surface area contributed by atoms with E-state index in [4.69, 9.17) is 4.74 Å². The number of carbonyl (C=O) groups excluding carboxylic acids is 1. The molecule has 2 unspecified atom stereocenters. The highest BCUT2D eigenvalue weighted by molar-refractivity contribution is 5.88. The van der Waals surface area contributed by atoms with Crippen molar-refractivity contribution in [3.8, 4) is 5.75 Å². The minimum atomic E-state index is -1.29. The molecule has 1 amide bonds. The summed E-state index contributed by atoms with van der Waals surface area (Å²) in [5.41, 5.74) is 0.773. The van der Waals surface area contributed by atoms with E-state index in [-0.39, 0.29) is 5.92 Å². The molecule has 0 aliphatic carbocycles. The molecule has 2 atom stereocenters. The van der Waals surface area contributed by atoms with E-state index < -0.39 is 23.5 Å². The van der Waals surface area contributed by atoms with Crippen molar-refractivity contribution in [1.82, 2.24) is 5.32 Å². The first-order valence-electron chi connectivity index (χ1n) is 7.93. The normalized spacial score (nSPS) is 14.9. The van der Waals surface area contributed by atoms with Crippen molar-refractivity contribution in [2.45, 2.75) is 65.5 Å². The largest absolute Gasteiger partial charge is 0.481 e. The molecule has 128 valence electrons. The highest BCUT2D eigenvalue weighted by Gasteiger charge is 2.34. The maximum absolute atomic E-state index is 12.3. The fourth-order valence-corrected chi connectivity index (χ4v) is 2.13. The average Bonchev–Trinajstić information content (AvgIpc) is 2.46. The quantitative estimate of drug-likeness (QED) is 0.808. The first-order valence-corrected chi connectivity index (χ1v) is 7.93. The molecule has 0 radical (unpaired) electrons. The Morgan fingerprint density at radius 3 is 2.39 bits per heavy atom. The summed E-state index contributed by atoms with van der Waals surface area (Å²) in [4.78, 5) is 23.6. The fraction of sp³-hybridized carbons (Fsp3) is 0.556. The molecular weight excluding hydrogens is 294 g/mol. The van der Waals surface area contributed by atoms with Crippen LogP contribution in [-0.2, 0) is 9.59 Å². The standard InChI is InChI=1S/C18H27NO4/c1-7-18(6,17(21)22)19-16(20)13(5)23-15-10-12(4)8-9-14(15)11(2)3/h8-11,13H,7H2,1-6H3,(H,19,20)(H,21,22). The van der Waals surface area contributed by atoms with E-state index in [1.807, 2.05) is 25.1 Å². The highest BCUT2D eigenvalue weighted by Crippen LogP contribution is 2.28. The van der Waals surface area contributed by atoms with Gasteiger partial charge in [-0.1, -0.05) is 32.9 Å². The van der Waals surface area contributed by atoms with Gasteiger partial charge in [-0.15, -0.1) is 0 Å². The van der Waals surface area contributed by atoms with Crippen LogP contribution in [-0.4, -0.2) is 28.6 Å². The molecule has 0 saturated carbocycles.